The topological polar surface area (TPSA) is 62.3 Å². The molecule has 2 aliphatic rings. The Morgan fingerprint density at radius 2 is 1.83 bits per heavy atom. The molecule has 0 bridgehead atoms. The highest BCUT2D eigenvalue weighted by Crippen LogP contribution is 2.22. The summed E-state index contributed by atoms with van der Waals surface area (Å²) in [6.07, 6.45) is 3.26. The van der Waals surface area contributed by atoms with E-state index < -0.39 is 10.0 Å². The van der Waals surface area contributed by atoms with E-state index in [1.54, 1.807) is 4.31 Å². The van der Waals surface area contributed by atoms with Crippen LogP contribution >= 0.6 is 0 Å². The highest BCUT2D eigenvalue weighted by atomic mass is 32.2. The molecule has 0 aromatic heterocycles. The van der Waals surface area contributed by atoms with Gasteiger partial charge in [0.05, 0.1) is 25.6 Å². The van der Waals surface area contributed by atoms with E-state index in [9.17, 15) is 8.42 Å². The predicted molar refractivity (Wildman–Crippen MR) is 119 cm³/mol. The fourth-order valence-electron chi connectivity index (χ4n) is 4.29. The Kier molecular flexibility index (Phi) is 8.53. The normalized spacial score (nSPS) is 21.6. The van der Waals surface area contributed by atoms with E-state index in [1.807, 2.05) is 26.0 Å². The van der Waals surface area contributed by atoms with Gasteiger partial charge >= 0.3 is 0 Å². The van der Waals surface area contributed by atoms with E-state index in [-0.39, 0.29) is 12.1 Å². The molecular weight excluding hydrogens is 402 g/mol. The number of hydrogen-bond acceptors (Lipinski definition) is 6. The molecule has 1 aromatic rings. The van der Waals surface area contributed by atoms with Crippen LogP contribution in [0.1, 0.15) is 32.3 Å². The number of rotatable bonds is 10. The minimum atomic E-state index is -3.22. The van der Waals surface area contributed by atoms with Crippen LogP contribution in [-0.2, 0) is 21.3 Å². The molecule has 2 aliphatic heterocycles. The van der Waals surface area contributed by atoms with Gasteiger partial charge in [0.15, 0.2) is 0 Å². The van der Waals surface area contributed by atoms with Crippen molar-refractivity contribution in [1.82, 2.24) is 14.1 Å². The highest BCUT2D eigenvalue weighted by Gasteiger charge is 2.32. The molecular formula is C22H37N3O4S. The van der Waals surface area contributed by atoms with Crippen LogP contribution in [0.3, 0.4) is 0 Å². The van der Waals surface area contributed by atoms with Crippen molar-refractivity contribution >= 4 is 10.0 Å². The fourth-order valence-corrected chi connectivity index (χ4v) is 5.46. The van der Waals surface area contributed by atoms with Crippen molar-refractivity contribution in [3.05, 3.63) is 29.8 Å². The average Bonchev–Trinajstić information content (AvgIpc) is 3.14. The first kappa shape index (κ1) is 23.5. The monoisotopic (exact) mass is 439 g/mol. The van der Waals surface area contributed by atoms with Crippen molar-refractivity contribution in [1.29, 1.82) is 0 Å². The summed E-state index contributed by atoms with van der Waals surface area (Å²) >= 11 is 0. The molecule has 7 nitrogen and oxygen atoms in total. The molecule has 0 aliphatic carbocycles. The number of hydrogen-bond donors (Lipinski definition) is 0. The Bertz CT molecular complexity index is 748. The molecule has 2 fully saturated rings. The number of nitrogens with zero attached hydrogens (tertiary/aromatic N) is 3. The Morgan fingerprint density at radius 3 is 2.47 bits per heavy atom. The maximum atomic E-state index is 12.5. The van der Waals surface area contributed by atoms with E-state index in [1.165, 1.54) is 11.8 Å². The molecule has 2 saturated heterocycles. The second kappa shape index (κ2) is 10.9. The summed E-state index contributed by atoms with van der Waals surface area (Å²) in [5.41, 5.74) is 1.23. The van der Waals surface area contributed by atoms with Gasteiger partial charge < -0.3 is 9.47 Å². The second-order valence-electron chi connectivity index (χ2n) is 8.67. The van der Waals surface area contributed by atoms with Gasteiger partial charge in [0.25, 0.3) is 0 Å². The van der Waals surface area contributed by atoms with Gasteiger partial charge in [0, 0.05) is 45.3 Å². The van der Waals surface area contributed by atoms with Gasteiger partial charge in [0.1, 0.15) is 5.75 Å². The zero-order chi connectivity index (χ0) is 21.6. The minimum Gasteiger partial charge on any atom is -0.491 e. The number of benzene rings is 1. The van der Waals surface area contributed by atoms with Crippen LogP contribution in [-0.4, -0.2) is 93.4 Å². The molecule has 1 aromatic carbocycles. The van der Waals surface area contributed by atoms with E-state index in [0.717, 1.165) is 71.1 Å². The molecule has 0 radical (unpaired) electrons. The summed E-state index contributed by atoms with van der Waals surface area (Å²) < 4.78 is 37.7. The summed E-state index contributed by atoms with van der Waals surface area (Å²) in [6, 6.07) is 8.28. The smallest absolute Gasteiger partial charge is 0.211 e. The molecule has 0 saturated carbocycles. The molecule has 170 valence electrons. The van der Waals surface area contributed by atoms with Gasteiger partial charge in [0.2, 0.25) is 10.0 Å². The predicted octanol–water partition coefficient (Wildman–Crippen LogP) is 2.03. The average molecular weight is 440 g/mol. The summed E-state index contributed by atoms with van der Waals surface area (Å²) in [5.74, 6) is 0.886. The van der Waals surface area contributed by atoms with Gasteiger partial charge in [-0.1, -0.05) is 12.1 Å². The first-order valence-electron chi connectivity index (χ1n) is 11.1. The van der Waals surface area contributed by atoms with Crippen molar-refractivity contribution in [2.24, 2.45) is 0 Å². The Morgan fingerprint density at radius 1 is 1.13 bits per heavy atom. The summed E-state index contributed by atoms with van der Waals surface area (Å²) in [4.78, 5) is 4.71. The fraction of sp³-hybridized carbons (Fsp3) is 0.727. The van der Waals surface area contributed by atoms with Crippen molar-refractivity contribution in [3.63, 3.8) is 0 Å². The minimum absolute atomic E-state index is 0.0632. The number of ether oxygens (including phenoxy) is 2. The molecule has 8 heteroatoms. The number of morpholine rings is 1. The highest BCUT2D eigenvalue weighted by molar-refractivity contribution is 7.88. The standard InChI is InChI=1S/C22H37N3O4S/c1-19(2)29-22-7-5-20(6-8-22)17-24-12-9-21(18-24)25(30(3,26)27)11-4-10-23-13-15-28-16-14-23/h5-8,19,21H,4,9-18H2,1-3H3. The van der Waals surface area contributed by atoms with Crippen molar-refractivity contribution in [3.8, 4) is 5.75 Å². The van der Waals surface area contributed by atoms with Gasteiger partial charge in [-0.15, -0.1) is 0 Å². The maximum Gasteiger partial charge on any atom is 0.211 e. The molecule has 1 atom stereocenters. The summed E-state index contributed by atoms with van der Waals surface area (Å²) in [6.45, 7) is 11.5. The van der Waals surface area contributed by atoms with Crippen LogP contribution in [0.2, 0.25) is 0 Å². The van der Waals surface area contributed by atoms with Crippen LogP contribution in [0.25, 0.3) is 0 Å². The molecule has 0 N–H and O–H groups in total. The third-order valence-corrected chi connectivity index (χ3v) is 7.07. The number of sulfonamides is 1. The molecule has 0 amide bonds. The third-order valence-electron chi connectivity index (χ3n) is 5.74. The summed E-state index contributed by atoms with van der Waals surface area (Å²) in [5, 5.41) is 0. The van der Waals surface area contributed by atoms with Crippen LogP contribution in [0, 0.1) is 0 Å². The SMILES string of the molecule is CC(C)Oc1ccc(CN2CCC(N(CCCN3CCOCC3)S(C)(=O)=O)C2)cc1. The molecule has 2 heterocycles. The first-order valence-corrected chi connectivity index (χ1v) is 12.9. The Hall–Kier alpha value is -1.19. The molecule has 3 rings (SSSR count). The lowest BCUT2D eigenvalue weighted by molar-refractivity contribution is 0.0366. The van der Waals surface area contributed by atoms with Crippen molar-refractivity contribution in [2.75, 3.05) is 58.7 Å². The lowest BCUT2D eigenvalue weighted by Gasteiger charge is -2.30. The largest absolute Gasteiger partial charge is 0.491 e. The van der Waals surface area contributed by atoms with E-state index >= 15 is 0 Å². The zero-order valence-corrected chi connectivity index (χ0v) is 19.4. The van der Waals surface area contributed by atoms with E-state index in [4.69, 9.17) is 9.47 Å². The molecule has 30 heavy (non-hydrogen) atoms. The molecule has 0 spiro atoms. The van der Waals surface area contributed by atoms with Crippen molar-refractivity contribution in [2.45, 2.75) is 45.4 Å². The van der Waals surface area contributed by atoms with Crippen LogP contribution in [0.4, 0.5) is 0 Å². The first-order chi connectivity index (χ1) is 14.3. The van der Waals surface area contributed by atoms with E-state index in [0.29, 0.717) is 6.54 Å². The second-order valence-corrected chi connectivity index (χ2v) is 10.6. The van der Waals surface area contributed by atoms with Crippen molar-refractivity contribution < 1.29 is 17.9 Å². The van der Waals surface area contributed by atoms with Crippen LogP contribution in [0.15, 0.2) is 24.3 Å². The quantitative estimate of drug-likeness (QED) is 0.556. The Balaban J connectivity index is 1.50. The maximum absolute atomic E-state index is 12.5. The van der Waals surface area contributed by atoms with Crippen LogP contribution < -0.4 is 4.74 Å². The third kappa shape index (κ3) is 7.20. The van der Waals surface area contributed by atoms with Gasteiger partial charge in [-0.3, -0.25) is 9.80 Å². The lowest BCUT2D eigenvalue weighted by Crippen LogP contribution is -2.43. The Labute approximate surface area is 182 Å². The van der Waals surface area contributed by atoms with Gasteiger partial charge in [-0.05, 0) is 50.9 Å². The summed E-state index contributed by atoms with van der Waals surface area (Å²) in [7, 11) is -3.22. The van der Waals surface area contributed by atoms with E-state index in [2.05, 4.69) is 21.9 Å². The zero-order valence-electron chi connectivity index (χ0n) is 18.6. The molecule has 1 unspecified atom stereocenters. The lowest BCUT2D eigenvalue weighted by atomic mass is 10.2. The van der Waals surface area contributed by atoms with Gasteiger partial charge in [-0.25, -0.2) is 8.42 Å². The van der Waals surface area contributed by atoms with Crippen LogP contribution in [0.5, 0.6) is 5.75 Å². The number of likely N-dealkylation sites (tertiary alicyclic amines) is 1. The van der Waals surface area contributed by atoms with Gasteiger partial charge in [-0.2, -0.15) is 4.31 Å².